The van der Waals surface area contributed by atoms with E-state index in [2.05, 4.69) is 37.9 Å². The van der Waals surface area contributed by atoms with E-state index in [9.17, 15) is 9.59 Å². The van der Waals surface area contributed by atoms with Crippen molar-refractivity contribution in [2.75, 3.05) is 16.4 Å². The van der Waals surface area contributed by atoms with Gasteiger partial charge in [-0.2, -0.15) is 10.2 Å². The second-order valence-corrected chi connectivity index (χ2v) is 3.07. The number of nitrogen functional groups attached to an aromatic ring is 2. The molecule has 19 heavy (non-hydrogen) atoms. The number of aromatic nitrogens is 4. The Morgan fingerprint density at radius 2 is 1.68 bits per heavy atom. The van der Waals surface area contributed by atoms with E-state index in [1.165, 1.54) is 28.9 Å². The summed E-state index contributed by atoms with van der Waals surface area (Å²) in [5.74, 6) is 0.682. The van der Waals surface area contributed by atoms with Crippen molar-refractivity contribution in [3.05, 3.63) is 45.0 Å². The SMILES string of the molecule is CI.Cn1nc(N)ccc1=O.Nc1ccc(=O)[nH]n1. The number of rotatable bonds is 0. The van der Waals surface area contributed by atoms with E-state index in [4.69, 9.17) is 11.5 Å². The lowest BCUT2D eigenvalue weighted by Gasteiger charge is -1.93. The fourth-order valence-corrected chi connectivity index (χ4v) is 0.876. The lowest BCUT2D eigenvalue weighted by molar-refractivity contribution is 0.714. The molecule has 0 aliphatic heterocycles. The van der Waals surface area contributed by atoms with E-state index >= 15 is 0 Å². The Hall–Kier alpha value is -1.91. The Kier molecular flexibility index (Phi) is 8.17. The Morgan fingerprint density at radius 3 is 2.05 bits per heavy atom. The van der Waals surface area contributed by atoms with E-state index in [-0.39, 0.29) is 11.1 Å². The van der Waals surface area contributed by atoms with Crippen LogP contribution >= 0.6 is 22.6 Å². The monoisotopic (exact) mass is 378 g/mol. The Labute approximate surface area is 123 Å². The first-order valence-corrected chi connectivity index (χ1v) is 7.13. The van der Waals surface area contributed by atoms with E-state index in [1.807, 2.05) is 4.93 Å². The van der Waals surface area contributed by atoms with E-state index < -0.39 is 0 Å². The average Bonchev–Trinajstić information content (AvgIpc) is 2.41. The maximum atomic E-state index is 10.6. The molecule has 0 aliphatic rings. The third kappa shape index (κ3) is 7.18. The number of hydrogen-bond donors (Lipinski definition) is 3. The van der Waals surface area contributed by atoms with Crippen LogP contribution in [-0.4, -0.2) is 24.9 Å². The number of nitrogens with two attached hydrogens (primary N) is 2. The minimum absolute atomic E-state index is 0.149. The maximum absolute atomic E-state index is 10.6. The molecular formula is C10H15IN6O2. The van der Waals surface area contributed by atoms with Crippen LogP contribution in [0.25, 0.3) is 0 Å². The van der Waals surface area contributed by atoms with Gasteiger partial charge in [-0.3, -0.25) is 9.59 Å². The topological polar surface area (TPSA) is 133 Å². The summed E-state index contributed by atoms with van der Waals surface area (Å²) < 4.78 is 1.19. The minimum atomic E-state index is -0.237. The van der Waals surface area contributed by atoms with Gasteiger partial charge in [0, 0.05) is 19.2 Å². The fraction of sp³-hybridized carbons (Fsp3) is 0.200. The summed E-state index contributed by atoms with van der Waals surface area (Å²) in [6, 6.07) is 5.62. The standard InChI is InChI=1S/C5H7N3O.C4H5N3O.CH3I/c1-8-5(9)3-2-4(6)7-8;5-3-1-2-4(8)7-6-3;1-2/h2-3H,1H3,(H2,6,7);1-2H,(H2,5,6)(H,7,8);1H3. The van der Waals surface area contributed by atoms with Gasteiger partial charge in [0.1, 0.15) is 11.6 Å². The van der Waals surface area contributed by atoms with Gasteiger partial charge in [-0.05, 0) is 17.1 Å². The zero-order valence-electron chi connectivity index (χ0n) is 10.5. The number of anilines is 2. The van der Waals surface area contributed by atoms with Gasteiger partial charge in [0.15, 0.2) is 0 Å². The summed E-state index contributed by atoms with van der Waals surface area (Å²) in [4.78, 5) is 22.8. The summed E-state index contributed by atoms with van der Waals surface area (Å²) in [5.41, 5.74) is 10.0. The highest BCUT2D eigenvalue weighted by Crippen LogP contribution is 1.85. The van der Waals surface area contributed by atoms with Crippen molar-refractivity contribution in [3.63, 3.8) is 0 Å². The van der Waals surface area contributed by atoms with Crippen LogP contribution < -0.4 is 22.6 Å². The molecule has 0 unspecified atom stereocenters. The first-order valence-electron chi connectivity index (χ1n) is 4.98. The predicted molar refractivity (Wildman–Crippen MR) is 83.1 cm³/mol. The van der Waals surface area contributed by atoms with Gasteiger partial charge >= 0.3 is 0 Å². The largest absolute Gasteiger partial charge is 0.382 e. The second kappa shape index (κ2) is 9.08. The van der Waals surface area contributed by atoms with E-state index in [1.54, 1.807) is 7.05 Å². The third-order valence-electron chi connectivity index (χ3n) is 1.68. The summed E-state index contributed by atoms with van der Waals surface area (Å²) in [5, 5.41) is 9.24. The summed E-state index contributed by atoms with van der Waals surface area (Å²) in [7, 11) is 1.55. The van der Waals surface area contributed by atoms with Crippen molar-refractivity contribution in [2.24, 2.45) is 7.05 Å². The first kappa shape index (κ1) is 17.1. The molecule has 0 amide bonds. The van der Waals surface area contributed by atoms with Crippen molar-refractivity contribution < 1.29 is 0 Å². The van der Waals surface area contributed by atoms with Crippen molar-refractivity contribution in [3.8, 4) is 0 Å². The predicted octanol–water partition coefficient (Wildman–Crippen LogP) is -0.234. The van der Waals surface area contributed by atoms with Crippen LogP contribution in [0.3, 0.4) is 0 Å². The zero-order chi connectivity index (χ0) is 14.8. The second-order valence-electron chi connectivity index (χ2n) is 3.07. The molecule has 104 valence electrons. The van der Waals surface area contributed by atoms with Crippen LogP contribution in [0.4, 0.5) is 11.6 Å². The molecule has 0 radical (unpaired) electrons. The minimum Gasteiger partial charge on any atom is -0.382 e. The van der Waals surface area contributed by atoms with Gasteiger partial charge in [-0.15, -0.1) is 0 Å². The lowest BCUT2D eigenvalue weighted by Crippen LogP contribution is -2.18. The smallest absolute Gasteiger partial charge is 0.266 e. The molecule has 0 atom stereocenters. The van der Waals surface area contributed by atoms with Crippen LogP contribution in [0.5, 0.6) is 0 Å². The van der Waals surface area contributed by atoms with E-state index in [0.717, 1.165) is 0 Å². The number of aryl methyl sites for hydroxylation is 1. The molecule has 0 aromatic carbocycles. The summed E-state index contributed by atoms with van der Waals surface area (Å²) in [6.07, 6.45) is 0. The Bertz CT molecular complexity index is 589. The van der Waals surface area contributed by atoms with Crippen LogP contribution in [0.2, 0.25) is 0 Å². The third-order valence-corrected chi connectivity index (χ3v) is 1.68. The number of aromatic amines is 1. The summed E-state index contributed by atoms with van der Waals surface area (Å²) in [6.45, 7) is 0. The van der Waals surface area contributed by atoms with Crippen LogP contribution in [0.1, 0.15) is 0 Å². The molecule has 0 saturated heterocycles. The number of alkyl halides is 1. The number of nitrogens with zero attached hydrogens (tertiary/aromatic N) is 3. The quantitative estimate of drug-likeness (QED) is 0.428. The number of H-pyrrole nitrogens is 1. The molecule has 0 spiro atoms. The first-order chi connectivity index (χ1) is 8.99. The average molecular weight is 378 g/mol. The molecule has 2 aromatic rings. The normalized spacial score (nSPS) is 8.58. The number of hydrogen-bond acceptors (Lipinski definition) is 6. The molecule has 0 aliphatic carbocycles. The van der Waals surface area contributed by atoms with Gasteiger partial charge < -0.3 is 11.5 Å². The molecule has 9 heteroatoms. The van der Waals surface area contributed by atoms with E-state index in [0.29, 0.717) is 11.6 Å². The van der Waals surface area contributed by atoms with Gasteiger partial charge in [-0.25, -0.2) is 9.78 Å². The van der Waals surface area contributed by atoms with Crippen molar-refractivity contribution in [2.45, 2.75) is 0 Å². The lowest BCUT2D eigenvalue weighted by atomic mass is 10.5. The van der Waals surface area contributed by atoms with Crippen molar-refractivity contribution >= 4 is 34.2 Å². The molecule has 2 rings (SSSR count). The number of nitrogens with one attached hydrogen (secondary N) is 1. The van der Waals surface area contributed by atoms with Gasteiger partial charge in [-0.1, -0.05) is 22.6 Å². The van der Waals surface area contributed by atoms with Crippen LogP contribution in [-0.2, 0) is 7.05 Å². The van der Waals surface area contributed by atoms with Crippen molar-refractivity contribution in [1.29, 1.82) is 0 Å². The maximum Gasteiger partial charge on any atom is 0.266 e. The molecule has 0 saturated carbocycles. The van der Waals surface area contributed by atoms with Crippen LogP contribution in [0, 0.1) is 0 Å². The summed E-state index contributed by atoms with van der Waals surface area (Å²) >= 11 is 2.15. The van der Waals surface area contributed by atoms with Crippen LogP contribution in [0.15, 0.2) is 33.9 Å². The Balaban J connectivity index is 0.000000303. The van der Waals surface area contributed by atoms with Gasteiger partial charge in [0.25, 0.3) is 11.1 Å². The molecule has 0 fully saturated rings. The highest BCUT2D eigenvalue weighted by Gasteiger charge is 1.88. The molecule has 0 bridgehead atoms. The zero-order valence-corrected chi connectivity index (χ0v) is 12.7. The fourth-order valence-electron chi connectivity index (χ4n) is 0.876. The molecule has 8 nitrogen and oxygen atoms in total. The Morgan fingerprint density at radius 1 is 1.11 bits per heavy atom. The molecule has 5 N–H and O–H groups in total. The molecular weight excluding hydrogens is 363 g/mol. The highest BCUT2D eigenvalue weighted by atomic mass is 127. The van der Waals surface area contributed by atoms with Gasteiger partial charge in [0.2, 0.25) is 0 Å². The van der Waals surface area contributed by atoms with Crippen molar-refractivity contribution in [1.82, 2.24) is 20.0 Å². The molecule has 2 heterocycles. The molecule has 2 aromatic heterocycles. The number of halogens is 1. The van der Waals surface area contributed by atoms with Gasteiger partial charge in [0.05, 0.1) is 0 Å². The highest BCUT2D eigenvalue weighted by molar-refractivity contribution is 14.1.